The fourth-order valence-corrected chi connectivity index (χ4v) is 0.545. The second kappa shape index (κ2) is 27.7. The third-order valence-corrected chi connectivity index (χ3v) is 1.61. The van der Waals surface area contributed by atoms with Crippen molar-refractivity contribution in [2.24, 2.45) is 5.73 Å². The standard InChI is InChI=1S/C8H13N.C3H4O3.C3H6O2.C2H4O/c1-3-5-6-8(4-2)7-9;4-2-1-3(5)6;1-2-3(4)5;1-2-3/h3-6H,1,7,9H2,2H3;2H,1H2,(H,5,6);2H2,1H3,(H,4,5);2H,1H3/b6-5-,8-4+;;;. The van der Waals surface area contributed by atoms with E-state index in [4.69, 9.17) is 20.7 Å². The number of hydrogen-bond donors (Lipinski definition) is 3. The third-order valence-electron chi connectivity index (χ3n) is 1.61. The minimum absolute atomic E-state index is 0.222. The van der Waals surface area contributed by atoms with E-state index in [1.165, 1.54) is 6.92 Å². The molecule has 0 spiro atoms. The van der Waals surface area contributed by atoms with Gasteiger partial charge in [0.1, 0.15) is 19.0 Å². The second-order valence-electron chi connectivity index (χ2n) is 3.41. The van der Waals surface area contributed by atoms with Gasteiger partial charge in [-0.3, -0.25) is 9.59 Å². The van der Waals surface area contributed by atoms with Crippen molar-refractivity contribution in [2.75, 3.05) is 6.54 Å². The molecule has 0 saturated carbocycles. The Morgan fingerprint density at radius 3 is 1.70 bits per heavy atom. The molecule has 0 radical (unpaired) electrons. The van der Waals surface area contributed by atoms with Gasteiger partial charge < -0.3 is 25.5 Å². The fraction of sp³-hybridized carbons (Fsp3) is 0.375. The van der Waals surface area contributed by atoms with Crippen molar-refractivity contribution in [2.45, 2.75) is 33.6 Å². The predicted octanol–water partition coefficient (Wildman–Crippen LogP) is 1.98. The van der Waals surface area contributed by atoms with Crippen LogP contribution < -0.4 is 5.73 Å². The number of carboxylic acid groups (broad SMARTS) is 2. The summed E-state index contributed by atoms with van der Waals surface area (Å²) in [6.07, 6.45) is 8.48. The Bertz CT molecular complexity index is 386. The highest BCUT2D eigenvalue weighted by molar-refractivity contribution is 5.82. The highest BCUT2D eigenvalue weighted by atomic mass is 16.4. The summed E-state index contributed by atoms with van der Waals surface area (Å²) < 4.78 is 0. The van der Waals surface area contributed by atoms with Crippen LogP contribution in [0.2, 0.25) is 0 Å². The van der Waals surface area contributed by atoms with E-state index in [9.17, 15) is 14.4 Å². The van der Waals surface area contributed by atoms with Crippen molar-refractivity contribution in [3.05, 3.63) is 36.5 Å². The molecule has 0 atom stereocenters. The van der Waals surface area contributed by atoms with E-state index in [0.717, 1.165) is 11.9 Å². The highest BCUT2D eigenvalue weighted by Gasteiger charge is 1.87. The van der Waals surface area contributed by atoms with Gasteiger partial charge >= 0.3 is 11.9 Å². The maximum atomic E-state index is 9.37. The number of hydrogen-bond acceptors (Lipinski definition) is 5. The number of nitrogens with two attached hydrogens (primary N) is 1. The predicted molar refractivity (Wildman–Crippen MR) is 90.1 cm³/mol. The van der Waals surface area contributed by atoms with Gasteiger partial charge in [0.05, 0.1) is 0 Å². The van der Waals surface area contributed by atoms with Crippen LogP contribution in [0.3, 0.4) is 0 Å². The van der Waals surface area contributed by atoms with E-state index in [2.05, 4.69) is 6.58 Å². The summed E-state index contributed by atoms with van der Waals surface area (Å²) in [6, 6.07) is 0. The molecule has 0 aliphatic rings. The molecule has 0 fully saturated rings. The average Bonchev–Trinajstić information content (AvgIpc) is 2.50. The van der Waals surface area contributed by atoms with Crippen LogP contribution in [0.4, 0.5) is 0 Å². The summed E-state index contributed by atoms with van der Waals surface area (Å²) in [6.45, 7) is 9.16. The SMILES string of the molecule is C=C/C=C\C(=C/C)CN.CC=O.CCC(=O)O.O=CCC(=O)O. The molecule has 0 heterocycles. The summed E-state index contributed by atoms with van der Waals surface area (Å²) in [5.41, 5.74) is 6.50. The molecule has 0 saturated heterocycles. The molecular formula is C16H27NO6. The highest BCUT2D eigenvalue weighted by Crippen LogP contribution is 1.92. The molecule has 0 aliphatic heterocycles. The van der Waals surface area contributed by atoms with Crippen LogP contribution in [-0.2, 0) is 19.2 Å². The van der Waals surface area contributed by atoms with E-state index in [1.807, 2.05) is 25.2 Å². The number of carboxylic acids is 2. The first-order valence-corrected chi connectivity index (χ1v) is 6.72. The van der Waals surface area contributed by atoms with Crippen LogP contribution in [-0.4, -0.2) is 41.3 Å². The monoisotopic (exact) mass is 329 g/mol. The van der Waals surface area contributed by atoms with E-state index < -0.39 is 11.9 Å². The number of carbonyl (C=O) groups is 4. The second-order valence-corrected chi connectivity index (χ2v) is 3.41. The summed E-state index contributed by atoms with van der Waals surface area (Å²) in [7, 11) is 0. The Balaban J connectivity index is -0.000000113. The minimum Gasteiger partial charge on any atom is -0.481 e. The molecule has 0 bridgehead atoms. The first-order valence-electron chi connectivity index (χ1n) is 6.72. The third kappa shape index (κ3) is 54.2. The van der Waals surface area contributed by atoms with Crippen molar-refractivity contribution in [3.8, 4) is 0 Å². The summed E-state index contributed by atoms with van der Waals surface area (Å²) >= 11 is 0. The first kappa shape index (κ1) is 28.6. The van der Waals surface area contributed by atoms with Gasteiger partial charge in [-0.2, -0.15) is 0 Å². The Morgan fingerprint density at radius 1 is 1.13 bits per heavy atom. The van der Waals surface area contributed by atoms with Crippen molar-refractivity contribution < 1.29 is 29.4 Å². The molecule has 0 aromatic carbocycles. The lowest BCUT2D eigenvalue weighted by Gasteiger charge is -1.90. The largest absolute Gasteiger partial charge is 0.481 e. The maximum absolute atomic E-state index is 9.37. The Morgan fingerprint density at radius 2 is 1.57 bits per heavy atom. The molecule has 7 nitrogen and oxygen atoms in total. The number of aliphatic carboxylic acids is 2. The zero-order valence-electron chi connectivity index (χ0n) is 13.9. The van der Waals surface area contributed by atoms with Gasteiger partial charge in [-0.25, -0.2) is 0 Å². The van der Waals surface area contributed by atoms with Gasteiger partial charge in [-0.15, -0.1) is 0 Å². The van der Waals surface area contributed by atoms with Crippen LogP contribution in [0.15, 0.2) is 36.5 Å². The lowest BCUT2D eigenvalue weighted by atomic mass is 10.2. The fourth-order valence-electron chi connectivity index (χ4n) is 0.545. The van der Waals surface area contributed by atoms with Gasteiger partial charge in [-0.05, 0) is 19.4 Å². The van der Waals surface area contributed by atoms with Gasteiger partial charge in [0.15, 0.2) is 0 Å². The topological polar surface area (TPSA) is 135 Å². The molecule has 0 aromatic heterocycles. The molecule has 0 amide bonds. The first-order chi connectivity index (χ1) is 10.8. The number of allylic oxidation sites excluding steroid dienone is 3. The summed E-state index contributed by atoms with van der Waals surface area (Å²) in [4.78, 5) is 36.8. The van der Waals surface area contributed by atoms with Gasteiger partial charge in [0.25, 0.3) is 0 Å². The summed E-state index contributed by atoms with van der Waals surface area (Å²) in [5.74, 6) is -1.82. The lowest BCUT2D eigenvalue weighted by molar-refractivity contribution is -0.138. The normalized spacial score (nSPS) is 8.96. The average molecular weight is 329 g/mol. The molecule has 23 heavy (non-hydrogen) atoms. The molecule has 0 aromatic rings. The van der Waals surface area contributed by atoms with Gasteiger partial charge in [-0.1, -0.05) is 37.8 Å². The van der Waals surface area contributed by atoms with Crippen LogP contribution in [0.25, 0.3) is 0 Å². The Kier molecular flexibility index (Phi) is 34.5. The quantitative estimate of drug-likeness (QED) is 0.385. The lowest BCUT2D eigenvalue weighted by Crippen LogP contribution is -1.99. The number of aldehydes is 2. The maximum Gasteiger partial charge on any atom is 0.310 e. The molecular weight excluding hydrogens is 302 g/mol. The molecule has 0 rings (SSSR count). The van der Waals surface area contributed by atoms with E-state index in [0.29, 0.717) is 12.8 Å². The van der Waals surface area contributed by atoms with Crippen LogP contribution >= 0.6 is 0 Å². The van der Waals surface area contributed by atoms with Gasteiger partial charge in [0, 0.05) is 13.0 Å². The van der Waals surface area contributed by atoms with Crippen LogP contribution in [0.5, 0.6) is 0 Å². The van der Waals surface area contributed by atoms with E-state index >= 15 is 0 Å². The smallest absolute Gasteiger partial charge is 0.310 e. The molecule has 4 N–H and O–H groups in total. The van der Waals surface area contributed by atoms with Crippen molar-refractivity contribution in [1.29, 1.82) is 0 Å². The Hall–Kier alpha value is -2.54. The zero-order valence-corrected chi connectivity index (χ0v) is 13.9. The molecule has 7 heteroatoms. The minimum atomic E-state index is -1.08. The zero-order chi connectivity index (χ0) is 19.1. The van der Waals surface area contributed by atoms with Crippen molar-refractivity contribution in [3.63, 3.8) is 0 Å². The molecule has 0 unspecified atom stereocenters. The van der Waals surface area contributed by atoms with Crippen molar-refractivity contribution >= 4 is 24.5 Å². The van der Waals surface area contributed by atoms with Crippen molar-refractivity contribution in [1.82, 2.24) is 0 Å². The number of carbonyl (C=O) groups excluding carboxylic acids is 2. The van der Waals surface area contributed by atoms with Crippen LogP contribution in [0.1, 0.15) is 33.6 Å². The van der Waals surface area contributed by atoms with E-state index in [-0.39, 0.29) is 12.8 Å². The number of rotatable bonds is 6. The molecule has 0 aliphatic carbocycles. The summed E-state index contributed by atoms with van der Waals surface area (Å²) in [5, 5.41) is 15.4. The van der Waals surface area contributed by atoms with E-state index in [1.54, 1.807) is 13.0 Å². The Labute approximate surface area is 137 Å². The molecule has 132 valence electrons. The van der Waals surface area contributed by atoms with Gasteiger partial charge in [0.2, 0.25) is 0 Å². The van der Waals surface area contributed by atoms with Crippen LogP contribution in [0, 0.1) is 0 Å².